The molecule has 2 heterocycles. The number of carbonyl (C=O) groups excluding carboxylic acids is 1. The molecule has 2 N–H and O–H groups in total. The lowest BCUT2D eigenvalue weighted by molar-refractivity contribution is -0.125. The lowest BCUT2D eigenvalue weighted by Crippen LogP contribution is -2.43. The third kappa shape index (κ3) is 6.60. The first-order valence-electron chi connectivity index (χ1n) is 11.2. The molecular formula is C26H28ClFN4O. The molecule has 3 aromatic rings. The van der Waals surface area contributed by atoms with Crippen LogP contribution < -0.4 is 10.6 Å². The van der Waals surface area contributed by atoms with Crippen molar-refractivity contribution in [1.29, 1.82) is 0 Å². The van der Waals surface area contributed by atoms with Gasteiger partial charge in [0.05, 0.1) is 11.7 Å². The van der Waals surface area contributed by atoms with E-state index in [1.54, 1.807) is 18.3 Å². The largest absolute Gasteiger partial charge is 0.354 e. The fourth-order valence-corrected chi connectivity index (χ4v) is 4.47. The van der Waals surface area contributed by atoms with Gasteiger partial charge in [-0.3, -0.25) is 14.7 Å². The van der Waals surface area contributed by atoms with E-state index in [0.29, 0.717) is 43.1 Å². The van der Waals surface area contributed by atoms with E-state index in [4.69, 9.17) is 11.6 Å². The molecule has 0 unspecified atom stereocenters. The zero-order valence-electron chi connectivity index (χ0n) is 18.4. The first-order valence-corrected chi connectivity index (χ1v) is 11.6. The van der Waals surface area contributed by atoms with E-state index in [0.717, 1.165) is 17.8 Å². The Morgan fingerprint density at radius 3 is 2.76 bits per heavy atom. The topological polar surface area (TPSA) is 57.3 Å². The Bertz CT molecular complexity index is 1060. The lowest BCUT2D eigenvalue weighted by Gasteiger charge is -2.23. The van der Waals surface area contributed by atoms with Crippen LogP contribution in [0.25, 0.3) is 0 Å². The Morgan fingerprint density at radius 2 is 1.97 bits per heavy atom. The van der Waals surface area contributed by atoms with Gasteiger partial charge in [-0.1, -0.05) is 48.0 Å². The molecule has 1 aromatic heterocycles. The Labute approximate surface area is 199 Å². The minimum Gasteiger partial charge on any atom is -0.354 e. The van der Waals surface area contributed by atoms with Crippen LogP contribution in [-0.2, 0) is 24.3 Å². The summed E-state index contributed by atoms with van der Waals surface area (Å²) in [5, 5.41) is 7.23. The predicted octanol–water partition coefficient (Wildman–Crippen LogP) is 3.97. The molecule has 5 nitrogen and oxygen atoms in total. The molecule has 1 amide bonds. The smallest absolute Gasteiger partial charge is 0.237 e. The van der Waals surface area contributed by atoms with Crippen molar-refractivity contribution in [3.05, 3.63) is 101 Å². The summed E-state index contributed by atoms with van der Waals surface area (Å²) in [6, 6.07) is 20.1. The second-order valence-corrected chi connectivity index (χ2v) is 8.78. The van der Waals surface area contributed by atoms with E-state index in [9.17, 15) is 9.18 Å². The highest BCUT2D eigenvalue weighted by atomic mass is 35.5. The highest BCUT2D eigenvalue weighted by Crippen LogP contribution is 2.23. The van der Waals surface area contributed by atoms with Gasteiger partial charge in [-0.15, -0.1) is 0 Å². The van der Waals surface area contributed by atoms with Gasteiger partial charge < -0.3 is 10.6 Å². The molecule has 0 aliphatic carbocycles. The number of likely N-dealkylation sites (tertiary alicyclic amines) is 1. The molecular weight excluding hydrogens is 439 g/mol. The average Bonchev–Trinajstić information content (AvgIpc) is 3.22. The maximum absolute atomic E-state index is 13.9. The number of hydrogen-bond acceptors (Lipinski definition) is 4. The maximum Gasteiger partial charge on any atom is 0.237 e. The molecule has 0 radical (unpaired) electrons. The van der Waals surface area contributed by atoms with Gasteiger partial charge in [-0.2, -0.15) is 0 Å². The highest BCUT2D eigenvalue weighted by Gasteiger charge is 2.36. The molecule has 1 fully saturated rings. The average molecular weight is 467 g/mol. The summed E-state index contributed by atoms with van der Waals surface area (Å²) in [7, 11) is 0. The number of benzene rings is 2. The summed E-state index contributed by atoms with van der Waals surface area (Å²) in [6.45, 7) is 2.42. The zero-order chi connectivity index (χ0) is 23.0. The third-order valence-corrected chi connectivity index (χ3v) is 6.17. The third-order valence-electron chi connectivity index (χ3n) is 5.93. The van der Waals surface area contributed by atoms with Crippen molar-refractivity contribution in [3.8, 4) is 0 Å². The first-order chi connectivity index (χ1) is 16.1. The molecule has 1 aliphatic heterocycles. The fraction of sp³-hybridized carbons (Fsp3) is 0.308. The van der Waals surface area contributed by atoms with Crippen molar-refractivity contribution in [2.75, 3.05) is 13.1 Å². The SMILES string of the molecule is O=C(NCCc1ccccc1F)[C@@H]1C[C@H](NCc2ccccn2)CN1Cc1cccc(Cl)c1. The lowest BCUT2D eigenvalue weighted by atomic mass is 10.1. The number of aromatic nitrogens is 1. The van der Waals surface area contributed by atoms with Crippen LogP contribution in [0, 0.1) is 5.82 Å². The second kappa shape index (κ2) is 11.4. The van der Waals surface area contributed by atoms with Crippen LogP contribution in [-0.4, -0.2) is 41.0 Å². The maximum atomic E-state index is 13.9. The number of carbonyl (C=O) groups is 1. The quantitative estimate of drug-likeness (QED) is 0.501. The number of hydrogen-bond donors (Lipinski definition) is 2. The molecule has 0 bridgehead atoms. The highest BCUT2D eigenvalue weighted by molar-refractivity contribution is 6.30. The summed E-state index contributed by atoms with van der Waals surface area (Å²) in [6.07, 6.45) is 2.93. The standard InChI is InChI=1S/C26H28ClFN4O/c27-21-8-5-6-19(14-21)17-32-18-23(31-16-22-9-3-4-12-29-22)15-25(32)26(33)30-13-11-20-7-1-2-10-24(20)28/h1-10,12,14,23,25,31H,11,13,15-18H2,(H,30,33)/t23-,25-/m0/s1. The molecule has 4 rings (SSSR count). The molecule has 0 saturated carbocycles. The molecule has 33 heavy (non-hydrogen) atoms. The summed E-state index contributed by atoms with van der Waals surface area (Å²) in [5.74, 6) is -0.274. The molecule has 2 aromatic carbocycles. The van der Waals surface area contributed by atoms with E-state index in [2.05, 4.69) is 20.5 Å². The molecule has 0 spiro atoms. The van der Waals surface area contributed by atoms with Crippen LogP contribution in [0.3, 0.4) is 0 Å². The van der Waals surface area contributed by atoms with Gasteiger partial charge in [0.1, 0.15) is 5.82 Å². The van der Waals surface area contributed by atoms with Crippen molar-refractivity contribution >= 4 is 17.5 Å². The monoisotopic (exact) mass is 466 g/mol. The van der Waals surface area contributed by atoms with E-state index in [1.807, 2.05) is 48.5 Å². The van der Waals surface area contributed by atoms with Crippen LogP contribution in [0.1, 0.15) is 23.2 Å². The molecule has 7 heteroatoms. The minimum absolute atomic E-state index is 0.0319. The molecule has 2 atom stereocenters. The van der Waals surface area contributed by atoms with Crippen LogP contribution in [0.5, 0.6) is 0 Å². The van der Waals surface area contributed by atoms with Crippen LogP contribution in [0.2, 0.25) is 5.02 Å². The van der Waals surface area contributed by atoms with Crippen molar-refractivity contribution < 1.29 is 9.18 Å². The summed E-state index contributed by atoms with van der Waals surface area (Å²) in [5.41, 5.74) is 2.64. The number of pyridine rings is 1. The van der Waals surface area contributed by atoms with Gasteiger partial charge >= 0.3 is 0 Å². The van der Waals surface area contributed by atoms with Gasteiger partial charge in [-0.05, 0) is 54.3 Å². The minimum atomic E-state index is -0.272. The van der Waals surface area contributed by atoms with Crippen LogP contribution in [0.15, 0.2) is 72.9 Å². The van der Waals surface area contributed by atoms with Crippen molar-refractivity contribution in [1.82, 2.24) is 20.5 Å². The molecule has 1 saturated heterocycles. The van der Waals surface area contributed by atoms with E-state index in [-0.39, 0.29) is 23.8 Å². The number of nitrogens with zero attached hydrogens (tertiary/aromatic N) is 2. The summed E-state index contributed by atoms with van der Waals surface area (Å²) < 4.78 is 13.9. The number of nitrogens with one attached hydrogen (secondary N) is 2. The van der Waals surface area contributed by atoms with Gasteiger partial charge in [-0.25, -0.2) is 4.39 Å². The van der Waals surface area contributed by atoms with E-state index >= 15 is 0 Å². The first kappa shape index (κ1) is 23.4. The zero-order valence-corrected chi connectivity index (χ0v) is 19.1. The van der Waals surface area contributed by atoms with Crippen molar-refractivity contribution in [2.45, 2.75) is 38.0 Å². The summed E-state index contributed by atoms with van der Waals surface area (Å²) >= 11 is 6.17. The second-order valence-electron chi connectivity index (χ2n) is 8.34. The van der Waals surface area contributed by atoms with Gasteiger partial charge in [0.25, 0.3) is 0 Å². The van der Waals surface area contributed by atoms with Gasteiger partial charge in [0, 0.05) is 43.4 Å². The Kier molecular flexibility index (Phi) is 8.05. The summed E-state index contributed by atoms with van der Waals surface area (Å²) in [4.78, 5) is 19.6. The fourth-order valence-electron chi connectivity index (χ4n) is 4.26. The van der Waals surface area contributed by atoms with E-state index < -0.39 is 0 Å². The van der Waals surface area contributed by atoms with Crippen molar-refractivity contribution in [2.24, 2.45) is 0 Å². The van der Waals surface area contributed by atoms with Crippen molar-refractivity contribution in [3.63, 3.8) is 0 Å². The molecule has 172 valence electrons. The number of rotatable bonds is 9. The Balaban J connectivity index is 1.38. The Hall–Kier alpha value is -2.80. The number of halogens is 2. The van der Waals surface area contributed by atoms with Crippen LogP contribution in [0.4, 0.5) is 4.39 Å². The van der Waals surface area contributed by atoms with Gasteiger partial charge in [0.2, 0.25) is 5.91 Å². The Morgan fingerprint density at radius 1 is 1.12 bits per heavy atom. The predicted molar refractivity (Wildman–Crippen MR) is 128 cm³/mol. The number of amides is 1. The molecule has 1 aliphatic rings. The normalized spacial score (nSPS) is 18.4. The van der Waals surface area contributed by atoms with E-state index in [1.165, 1.54) is 6.07 Å². The van der Waals surface area contributed by atoms with Gasteiger partial charge in [0.15, 0.2) is 0 Å². The van der Waals surface area contributed by atoms with Crippen LogP contribution >= 0.6 is 11.6 Å².